The number of ether oxygens (including phenoxy) is 1. The molecule has 0 aliphatic rings. The van der Waals surface area contributed by atoms with Crippen molar-refractivity contribution >= 4 is 21.7 Å². The molecule has 0 atom stereocenters. The smallest absolute Gasteiger partial charge is 0.215 e. The molecule has 0 saturated carbocycles. The molecule has 0 spiro atoms. The number of methoxy groups -OCH3 is 1. The van der Waals surface area contributed by atoms with Crippen molar-refractivity contribution in [2.24, 2.45) is 7.05 Å². The second-order valence-electron chi connectivity index (χ2n) is 3.64. The van der Waals surface area contributed by atoms with Gasteiger partial charge in [0.2, 0.25) is 5.78 Å². The van der Waals surface area contributed by atoms with Crippen LogP contribution in [0.4, 0.5) is 4.39 Å². The van der Waals surface area contributed by atoms with Crippen molar-refractivity contribution in [1.29, 1.82) is 0 Å². The Balaban J connectivity index is 2.47. The van der Waals surface area contributed by atoms with Crippen LogP contribution in [-0.4, -0.2) is 22.7 Å². The predicted molar refractivity (Wildman–Crippen MR) is 67.3 cm³/mol. The molecule has 0 aliphatic carbocycles. The van der Waals surface area contributed by atoms with Crippen molar-refractivity contribution in [3.05, 3.63) is 45.9 Å². The fourth-order valence-electron chi connectivity index (χ4n) is 1.60. The van der Waals surface area contributed by atoms with E-state index >= 15 is 0 Å². The zero-order chi connectivity index (χ0) is 13.3. The predicted octanol–water partition coefficient (Wildman–Crippen LogP) is 2.56. The Morgan fingerprint density at radius 2 is 2.22 bits per heavy atom. The van der Waals surface area contributed by atoms with Crippen LogP contribution in [0.15, 0.2) is 28.9 Å². The van der Waals surface area contributed by atoms with Gasteiger partial charge >= 0.3 is 0 Å². The summed E-state index contributed by atoms with van der Waals surface area (Å²) in [7, 11) is 3.06. The third-order valence-electron chi connectivity index (χ3n) is 2.53. The van der Waals surface area contributed by atoms with Crippen LogP contribution in [0.5, 0.6) is 5.75 Å². The molecule has 0 radical (unpaired) electrons. The Morgan fingerprint density at radius 1 is 1.50 bits per heavy atom. The first-order valence-corrected chi connectivity index (χ1v) is 5.89. The van der Waals surface area contributed by atoms with E-state index in [1.807, 2.05) is 0 Å². The van der Waals surface area contributed by atoms with E-state index in [0.717, 1.165) is 0 Å². The van der Waals surface area contributed by atoms with E-state index in [9.17, 15) is 9.18 Å². The fraction of sp³-hybridized carbons (Fsp3) is 0.167. The van der Waals surface area contributed by atoms with Crippen LogP contribution in [0.3, 0.4) is 0 Å². The number of hydrogen-bond donors (Lipinski definition) is 0. The summed E-state index contributed by atoms with van der Waals surface area (Å²) in [6.07, 6.45) is 1.49. The maximum Gasteiger partial charge on any atom is 0.215 e. The van der Waals surface area contributed by atoms with E-state index in [1.54, 1.807) is 13.1 Å². The molecule has 0 saturated heterocycles. The summed E-state index contributed by atoms with van der Waals surface area (Å²) in [6.45, 7) is 0. The molecule has 1 heterocycles. The molecule has 0 unspecified atom stereocenters. The Bertz CT molecular complexity index is 591. The summed E-state index contributed by atoms with van der Waals surface area (Å²) in [5.41, 5.74) is 0.291. The first-order valence-electron chi connectivity index (χ1n) is 5.10. The lowest BCUT2D eigenvalue weighted by Gasteiger charge is -2.06. The SMILES string of the molecule is COc1ccc(C(=O)c2c(Br)cnn2C)c(F)c1. The quantitative estimate of drug-likeness (QED) is 0.818. The second-order valence-corrected chi connectivity index (χ2v) is 4.49. The van der Waals surface area contributed by atoms with Gasteiger partial charge in [0.05, 0.1) is 23.3 Å². The number of carbonyl (C=O) groups excluding carboxylic acids is 1. The molecule has 0 N–H and O–H groups in total. The molecule has 94 valence electrons. The number of halogens is 2. The van der Waals surface area contributed by atoms with Crippen LogP contribution in [0, 0.1) is 5.82 Å². The number of nitrogens with zero attached hydrogens (tertiary/aromatic N) is 2. The van der Waals surface area contributed by atoms with Crippen molar-refractivity contribution in [3.8, 4) is 5.75 Å². The van der Waals surface area contributed by atoms with Gasteiger partial charge in [-0.05, 0) is 28.1 Å². The highest BCUT2D eigenvalue weighted by Crippen LogP contribution is 2.23. The number of benzene rings is 1. The van der Waals surface area contributed by atoms with Gasteiger partial charge in [-0.15, -0.1) is 0 Å². The number of aromatic nitrogens is 2. The van der Waals surface area contributed by atoms with Crippen molar-refractivity contribution in [2.75, 3.05) is 7.11 Å². The summed E-state index contributed by atoms with van der Waals surface area (Å²) in [5.74, 6) is -0.678. The second kappa shape index (κ2) is 4.89. The van der Waals surface area contributed by atoms with Gasteiger partial charge in [0.1, 0.15) is 17.3 Å². The van der Waals surface area contributed by atoms with Crippen LogP contribution >= 0.6 is 15.9 Å². The molecule has 1 aromatic carbocycles. The third-order valence-corrected chi connectivity index (χ3v) is 3.11. The molecule has 0 amide bonds. The maximum atomic E-state index is 13.8. The number of hydrogen-bond acceptors (Lipinski definition) is 3. The molecular weight excluding hydrogens is 303 g/mol. The van der Waals surface area contributed by atoms with Gasteiger partial charge in [-0.25, -0.2) is 4.39 Å². The molecular formula is C12H10BrFN2O2. The minimum atomic E-state index is -0.618. The average molecular weight is 313 g/mol. The van der Waals surface area contributed by atoms with Gasteiger partial charge < -0.3 is 4.74 Å². The highest BCUT2D eigenvalue weighted by Gasteiger charge is 2.20. The van der Waals surface area contributed by atoms with Gasteiger partial charge in [0.25, 0.3) is 0 Å². The summed E-state index contributed by atoms with van der Waals surface area (Å²) >= 11 is 3.22. The van der Waals surface area contributed by atoms with Crippen molar-refractivity contribution < 1.29 is 13.9 Å². The largest absolute Gasteiger partial charge is 0.497 e. The molecule has 2 rings (SSSR count). The Morgan fingerprint density at radius 3 is 2.72 bits per heavy atom. The first kappa shape index (κ1) is 12.8. The zero-order valence-electron chi connectivity index (χ0n) is 9.78. The third kappa shape index (κ3) is 2.15. The van der Waals surface area contributed by atoms with Gasteiger partial charge in [-0.3, -0.25) is 9.48 Å². The van der Waals surface area contributed by atoms with Gasteiger partial charge in [-0.1, -0.05) is 0 Å². The molecule has 0 aliphatic heterocycles. The molecule has 1 aromatic heterocycles. The highest BCUT2D eigenvalue weighted by molar-refractivity contribution is 9.10. The van der Waals surface area contributed by atoms with Gasteiger partial charge in [-0.2, -0.15) is 5.10 Å². The molecule has 0 bridgehead atoms. The summed E-state index contributed by atoms with van der Waals surface area (Å²) in [4.78, 5) is 12.2. The molecule has 2 aromatic rings. The number of rotatable bonds is 3. The topological polar surface area (TPSA) is 44.1 Å². The standard InChI is InChI=1S/C12H10BrFN2O2/c1-16-11(9(13)6-15-16)12(17)8-4-3-7(18-2)5-10(8)14/h3-6H,1-2H3. The monoisotopic (exact) mass is 312 g/mol. The van der Waals surface area contributed by atoms with Gasteiger partial charge in [0, 0.05) is 13.1 Å². The lowest BCUT2D eigenvalue weighted by molar-refractivity contribution is 0.102. The Kier molecular flexibility index (Phi) is 3.47. The van der Waals surface area contributed by atoms with Crippen LogP contribution in [0.2, 0.25) is 0 Å². The number of ketones is 1. The lowest BCUT2D eigenvalue weighted by Crippen LogP contribution is -2.10. The van der Waals surface area contributed by atoms with E-state index in [2.05, 4.69) is 21.0 Å². The van der Waals surface area contributed by atoms with Crippen molar-refractivity contribution in [1.82, 2.24) is 9.78 Å². The van der Waals surface area contributed by atoms with E-state index < -0.39 is 11.6 Å². The first-order chi connectivity index (χ1) is 8.54. The normalized spacial score (nSPS) is 10.4. The maximum absolute atomic E-state index is 13.8. The van der Waals surface area contributed by atoms with Crippen molar-refractivity contribution in [3.63, 3.8) is 0 Å². The highest BCUT2D eigenvalue weighted by atomic mass is 79.9. The molecule has 6 heteroatoms. The molecule has 0 fully saturated rings. The van der Waals surface area contributed by atoms with E-state index in [1.165, 1.54) is 30.1 Å². The average Bonchev–Trinajstić information content (AvgIpc) is 2.68. The van der Waals surface area contributed by atoms with Crippen LogP contribution in [0.25, 0.3) is 0 Å². The van der Waals surface area contributed by atoms with Crippen LogP contribution < -0.4 is 4.74 Å². The van der Waals surface area contributed by atoms with E-state index in [-0.39, 0.29) is 5.56 Å². The number of carbonyl (C=O) groups is 1. The zero-order valence-corrected chi connectivity index (χ0v) is 11.4. The summed E-state index contributed by atoms with van der Waals surface area (Å²) < 4.78 is 20.6. The van der Waals surface area contributed by atoms with Crippen LogP contribution in [0.1, 0.15) is 16.1 Å². The molecule has 18 heavy (non-hydrogen) atoms. The summed E-state index contributed by atoms with van der Waals surface area (Å²) in [6, 6.07) is 4.12. The lowest BCUT2D eigenvalue weighted by atomic mass is 10.1. The minimum absolute atomic E-state index is 0.0138. The van der Waals surface area contributed by atoms with E-state index in [4.69, 9.17) is 4.74 Å². The van der Waals surface area contributed by atoms with Gasteiger partial charge in [0.15, 0.2) is 0 Å². The fourth-order valence-corrected chi connectivity index (χ4v) is 2.13. The molecule has 4 nitrogen and oxygen atoms in total. The minimum Gasteiger partial charge on any atom is -0.497 e. The van der Waals surface area contributed by atoms with E-state index in [0.29, 0.717) is 15.9 Å². The van der Waals surface area contributed by atoms with Crippen molar-refractivity contribution in [2.45, 2.75) is 0 Å². The summed E-state index contributed by atoms with van der Waals surface area (Å²) in [5, 5.41) is 3.93. The Labute approximate surface area is 111 Å². The van der Waals surface area contributed by atoms with Crippen LogP contribution in [-0.2, 0) is 7.05 Å². The number of aryl methyl sites for hydroxylation is 1. The Hall–Kier alpha value is -1.69.